The Morgan fingerprint density at radius 2 is 2.05 bits per heavy atom. The molecule has 120 valence electrons. The van der Waals surface area contributed by atoms with Crippen LogP contribution in [0.5, 0.6) is 0 Å². The average molecular weight is 302 g/mol. The highest BCUT2D eigenvalue weighted by atomic mass is 16.2. The lowest BCUT2D eigenvalue weighted by Gasteiger charge is -2.23. The molecule has 0 aliphatic carbocycles. The molecule has 5 nitrogen and oxygen atoms in total. The second-order valence-corrected chi connectivity index (χ2v) is 6.65. The summed E-state index contributed by atoms with van der Waals surface area (Å²) in [6.45, 7) is 9.77. The monoisotopic (exact) mass is 302 g/mol. The highest BCUT2D eigenvalue weighted by Gasteiger charge is 2.50. The summed E-state index contributed by atoms with van der Waals surface area (Å²) < 4.78 is 0. The van der Waals surface area contributed by atoms with Crippen LogP contribution in [0.3, 0.4) is 0 Å². The van der Waals surface area contributed by atoms with Crippen molar-refractivity contribution in [3.05, 3.63) is 17.5 Å². The normalized spacial score (nSPS) is 24.8. The average Bonchev–Trinajstić information content (AvgIpc) is 3.08. The number of aryl methyl sites for hydroxylation is 2. The summed E-state index contributed by atoms with van der Waals surface area (Å²) in [6.07, 6.45) is 5.78. The van der Waals surface area contributed by atoms with Crippen molar-refractivity contribution in [2.45, 2.75) is 46.5 Å². The zero-order valence-corrected chi connectivity index (χ0v) is 13.9. The van der Waals surface area contributed by atoms with Crippen LogP contribution >= 0.6 is 0 Å². The molecule has 1 aromatic rings. The fourth-order valence-corrected chi connectivity index (χ4v) is 3.77. The van der Waals surface area contributed by atoms with Crippen molar-refractivity contribution >= 4 is 11.9 Å². The van der Waals surface area contributed by atoms with E-state index in [-0.39, 0.29) is 5.41 Å². The lowest BCUT2D eigenvalue weighted by atomic mass is 9.85. The van der Waals surface area contributed by atoms with Gasteiger partial charge in [-0.15, -0.1) is 0 Å². The van der Waals surface area contributed by atoms with Gasteiger partial charge in [-0.2, -0.15) is 0 Å². The van der Waals surface area contributed by atoms with E-state index in [9.17, 15) is 4.79 Å². The third kappa shape index (κ3) is 2.46. The van der Waals surface area contributed by atoms with E-state index in [0.717, 1.165) is 69.1 Å². The standard InChI is InChI=1S/C17H26N4O/c1-4-8-20-9-6-17(15(20)22)7-10-21(12-17)16-18-11-13(3)14(5-2)19-16/h11H,4-10,12H2,1-3H3. The quantitative estimate of drug-likeness (QED) is 0.855. The molecule has 1 unspecified atom stereocenters. The molecule has 0 saturated carbocycles. The van der Waals surface area contributed by atoms with Crippen LogP contribution in [0.2, 0.25) is 0 Å². The lowest BCUT2D eigenvalue weighted by Crippen LogP contribution is -2.37. The molecule has 5 heteroatoms. The number of nitrogens with zero attached hydrogens (tertiary/aromatic N) is 4. The Labute approximate surface area is 132 Å². The summed E-state index contributed by atoms with van der Waals surface area (Å²) in [6, 6.07) is 0. The molecular weight excluding hydrogens is 276 g/mol. The van der Waals surface area contributed by atoms with E-state index in [0.29, 0.717) is 5.91 Å². The second kappa shape index (κ2) is 5.86. The van der Waals surface area contributed by atoms with Gasteiger partial charge in [0.05, 0.1) is 5.41 Å². The maximum Gasteiger partial charge on any atom is 0.230 e. The third-order valence-electron chi connectivity index (χ3n) is 5.13. The van der Waals surface area contributed by atoms with Crippen LogP contribution < -0.4 is 4.90 Å². The molecule has 1 amide bonds. The maximum absolute atomic E-state index is 12.7. The number of rotatable bonds is 4. The predicted molar refractivity (Wildman–Crippen MR) is 86.9 cm³/mol. The number of carbonyl (C=O) groups is 1. The molecular formula is C17H26N4O. The molecule has 2 aliphatic rings. The lowest BCUT2D eigenvalue weighted by molar-refractivity contribution is -0.135. The molecule has 2 aliphatic heterocycles. The topological polar surface area (TPSA) is 49.3 Å². The molecule has 1 spiro atoms. The van der Waals surface area contributed by atoms with E-state index >= 15 is 0 Å². The van der Waals surface area contributed by atoms with Crippen molar-refractivity contribution in [3.8, 4) is 0 Å². The van der Waals surface area contributed by atoms with E-state index in [1.54, 1.807) is 0 Å². The Bertz CT molecular complexity index is 574. The molecule has 3 heterocycles. The van der Waals surface area contributed by atoms with E-state index in [4.69, 9.17) is 4.98 Å². The Balaban J connectivity index is 1.76. The highest BCUT2D eigenvalue weighted by Crippen LogP contribution is 2.41. The van der Waals surface area contributed by atoms with Gasteiger partial charge in [-0.3, -0.25) is 4.79 Å². The second-order valence-electron chi connectivity index (χ2n) is 6.65. The van der Waals surface area contributed by atoms with Gasteiger partial charge in [0.25, 0.3) is 0 Å². The number of likely N-dealkylation sites (tertiary alicyclic amines) is 1. The SMILES string of the molecule is CCCN1CCC2(CCN(c3ncc(C)c(CC)n3)C2)C1=O. The number of anilines is 1. The first-order valence-electron chi connectivity index (χ1n) is 8.46. The summed E-state index contributed by atoms with van der Waals surface area (Å²) in [7, 11) is 0. The van der Waals surface area contributed by atoms with Gasteiger partial charge in [0.1, 0.15) is 0 Å². The Hall–Kier alpha value is -1.65. The predicted octanol–water partition coefficient (Wildman–Crippen LogP) is 2.19. The van der Waals surface area contributed by atoms with E-state index in [2.05, 4.69) is 30.7 Å². The molecule has 3 rings (SSSR count). The summed E-state index contributed by atoms with van der Waals surface area (Å²) >= 11 is 0. The number of hydrogen-bond donors (Lipinski definition) is 0. The molecule has 2 saturated heterocycles. The number of aromatic nitrogens is 2. The van der Waals surface area contributed by atoms with Crippen molar-refractivity contribution in [1.29, 1.82) is 0 Å². The summed E-state index contributed by atoms with van der Waals surface area (Å²) in [5, 5.41) is 0. The first kappa shape index (κ1) is 15.3. The van der Waals surface area contributed by atoms with E-state index in [1.165, 1.54) is 0 Å². The van der Waals surface area contributed by atoms with Crippen LogP contribution in [0.15, 0.2) is 6.20 Å². The van der Waals surface area contributed by atoms with Crippen LogP contribution in [-0.4, -0.2) is 47.0 Å². The van der Waals surface area contributed by atoms with Gasteiger partial charge in [-0.25, -0.2) is 9.97 Å². The molecule has 1 aromatic heterocycles. The number of hydrogen-bond acceptors (Lipinski definition) is 4. The molecule has 22 heavy (non-hydrogen) atoms. The zero-order chi connectivity index (χ0) is 15.7. The van der Waals surface area contributed by atoms with Crippen molar-refractivity contribution in [2.24, 2.45) is 5.41 Å². The zero-order valence-electron chi connectivity index (χ0n) is 13.9. The minimum Gasteiger partial charge on any atom is -0.342 e. The smallest absolute Gasteiger partial charge is 0.230 e. The van der Waals surface area contributed by atoms with Gasteiger partial charge in [0, 0.05) is 38.1 Å². The summed E-state index contributed by atoms with van der Waals surface area (Å²) in [5.74, 6) is 1.14. The largest absolute Gasteiger partial charge is 0.342 e. The summed E-state index contributed by atoms with van der Waals surface area (Å²) in [5.41, 5.74) is 2.07. The minimum atomic E-state index is -0.185. The Kier molecular flexibility index (Phi) is 4.06. The minimum absolute atomic E-state index is 0.185. The molecule has 1 atom stereocenters. The number of carbonyl (C=O) groups excluding carboxylic acids is 1. The van der Waals surface area contributed by atoms with Gasteiger partial charge in [-0.1, -0.05) is 13.8 Å². The molecule has 0 N–H and O–H groups in total. The van der Waals surface area contributed by atoms with Gasteiger partial charge in [0.2, 0.25) is 11.9 Å². The van der Waals surface area contributed by atoms with Crippen LogP contribution in [-0.2, 0) is 11.2 Å². The Morgan fingerprint density at radius 1 is 1.27 bits per heavy atom. The third-order valence-corrected chi connectivity index (χ3v) is 5.13. The van der Waals surface area contributed by atoms with Gasteiger partial charge < -0.3 is 9.80 Å². The van der Waals surface area contributed by atoms with E-state index < -0.39 is 0 Å². The van der Waals surface area contributed by atoms with Crippen molar-refractivity contribution in [2.75, 3.05) is 31.1 Å². The van der Waals surface area contributed by atoms with E-state index in [1.807, 2.05) is 11.1 Å². The van der Waals surface area contributed by atoms with Gasteiger partial charge >= 0.3 is 0 Å². The molecule has 0 aromatic carbocycles. The van der Waals surface area contributed by atoms with Crippen molar-refractivity contribution < 1.29 is 4.79 Å². The van der Waals surface area contributed by atoms with Crippen LogP contribution in [0, 0.1) is 12.3 Å². The first-order chi connectivity index (χ1) is 10.6. The van der Waals surface area contributed by atoms with Crippen LogP contribution in [0.4, 0.5) is 5.95 Å². The highest BCUT2D eigenvalue weighted by molar-refractivity contribution is 5.86. The van der Waals surface area contributed by atoms with Crippen molar-refractivity contribution in [1.82, 2.24) is 14.9 Å². The first-order valence-corrected chi connectivity index (χ1v) is 8.46. The van der Waals surface area contributed by atoms with Gasteiger partial charge in [-0.05, 0) is 38.2 Å². The Morgan fingerprint density at radius 3 is 2.77 bits per heavy atom. The van der Waals surface area contributed by atoms with Crippen LogP contribution in [0.25, 0.3) is 0 Å². The van der Waals surface area contributed by atoms with Gasteiger partial charge in [0.15, 0.2) is 0 Å². The summed E-state index contributed by atoms with van der Waals surface area (Å²) in [4.78, 5) is 26.2. The molecule has 0 bridgehead atoms. The maximum atomic E-state index is 12.7. The van der Waals surface area contributed by atoms with Crippen molar-refractivity contribution in [3.63, 3.8) is 0 Å². The number of amides is 1. The van der Waals surface area contributed by atoms with Crippen LogP contribution in [0.1, 0.15) is 44.4 Å². The molecule has 0 radical (unpaired) electrons. The fraction of sp³-hybridized carbons (Fsp3) is 0.706. The molecule has 2 fully saturated rings. The fourth-order valence-electron chi connectivity index (χ4n) is 3.77.